The van der Waals surface area contributed by atoms with Gasteiger partial charge in [0, 0.05) is 23.7 Å². The Morgan fingerprint density at radius 3 is 2.91 bits per heavy atom. The third-order valence-corrected chi connectivity index (χ3v) is 4.39. The first-order valence-corrected chi connectivity index (χ1v) is 8.16. The predicted octanol–water partition coefficient (Wildman–Crippen LogP) is 2.72. The number of pyridine rings is 1. The van der Waals surface area contributed by atoms with Gasteiger partial charge in [0.15, 0.2) is 0 Å². The number of benzene rings is 1. The lowest BCUT2D eigenvalue weighted by Crippen LogP contribution is -2.40. The molecule has 2 N–H and O–H groups in total. The highest BCUT2D eigenvalue weighted by Gasteiger charge is 2.23. The number of piperidine rings is 1. The van der Waals surface area contributed by atoms with Gasteiger partial charge in [0.1, 0.15) is 0 Å². The Kier molecular flexibility index (Phi) is 4.72. The van der Waals surface area contributed by atoms with Crippen LogP contribution in [-0.4, -0.2) is 35.4 Å². The zero-order valence-electron chi connectivity index (χ0n) is 13.5. The third kappa shape index (κ3) is 3.96. The van der Waals surface area contributed by atoms with Gasteiger partial charge in [-0.2, -0.15) is 0 Å². The molecule has 1 atom stereocenters. The molecule has 4 nitrogen and oxygen atoms in total. The van der Waals surface area contributed by atoms with Crippen LogP contribution in [0.4, 0.5) is 0 Å². The summed E-state index contributed by atoms with van der Waals surface area (Å²) >= 11 is 0. The van der Waals surface area contributed by atoms with Gasteiger partial charge >= 0.3 is 0 Å². The summed E-state index contributed by atoms with van der Waals surface area (Å²) in [5, 5.41) is 0. The molecular weight excluding hydrogens is 286 g/mol. The maximum Gasteiger partial charge on any atom is 0.231 e. The molecule has 0 saturated carbocycles. The molecule has 1 amide bonds. The van der Waals surface area contributed by atoms with Gasteiger partial charge in [-0.1, -0.05) is 29.8 Å². The van der Waals surface area contributed by atoms with Crippen LogP contribution in [0.2, 0.25) is 0 Å². The summed E-state index contributed by atoms with van der Waals surface area (Å²) in [5.74, 6) is 0.111. The SMILES string of the molecule is Cc1cccc(-c2cccc(C3CCCN(CC(N)=O)C3)n2)c1. The smallest absolute Gasteiger partial charge is 0.231 e. The Hall–Kier alpha value is -2.20. The van der Waals surface area contributed by atoms with Crippen molar-refractivity contribution in [1.29, 1.82) is 0 Å². The number of carbonyl (C=O) groups excluding carboxylic acids is 1. The first-order valence-electron chi connectivity index (χ1n) is 8.16. The van der Waals surface area contributed by atoms with E-state index < -0.39 is 0 Å². The van der Waals surface area contributed by atoms with Crippen molar-refractivity contribution in [2.24, 2.45) is 5.73 Å². The molecular formula is C19H23N3O. The Morgan fingerprint density at radius 2 is 2.13 bits per heavy atom. The molecule has 1 aliphatic heterocycles. The van der Waals surface area contributed by atoms with Crippen molar-refractivity contribution in [2.75, 3.05) is 19.6 Å². The van der Waals surface area contributed by atoms with Crippen LogP contribution >= 0.6 is 0 Å². The molecule has 0 radical (unpaired) electrons. The standard InChI is InChI=1S/C19H23N3O/c1-14-5-2-6-15(11-14)17-8-3-9-18(21-17)16-7-4-10-22(12-16)13-19(20)23/h2-3,5-6,8-9,11,16H,4,7,10,12-13H2,1H3,(H2,20,23). The van der Waals surface area contributed by atoms with E-state index in [1.807, 2.05) is 0 Å². The highest BCUT2D eigenvalue weighted by Crippen LogP contribution is 2.27. The van der Waals surface area contributed by atoms with E-state index in [0.717, 1.165) is 42.9 Å². The molecule has 120 valence electrons. The van der Waals surface area contributed by atoms with E-state index in [-0.39, 0.29) is 5.91 Å². The number of aromatic nitrogens is 1. The van der Waals surface area contributed by atoms with E-state index in [9.17, 15) is 4.79 Å². The highest BCUT2D eigenvalue weighted by atomic mass is 16.1. The van der Waals surface area contributed by atoms with E-state index in [0.29, 0.717) is 12.5 Å². The number of rotatable bonds is 4. The summed E-state index contributed by atoms with van der Waals surface area (Å²) in [6, 6.07) is 14.6. The number of primary amides is 1. The Labute approximate surface area is 137 Å². The molecule has 23 heavy (non-hydrogen) atoms. The van der Waals surface area contributed by atoms with Gasteiger partial charge in [-0.05, 0) is 44.5 Å². The number of aryl methyl sites for hydroxylation is 1. The Bertz CT molecular complexity index is 699. The molecule has 0 aliphatic carbocycles. The normalized spacial score (nSPS) is 18.7. The zero-order valence-corrected chi connectivity index (χ0v) is 13.5. The van der Waals surface area contributed by atoms with Gasteiger partial charge in [0.25, 0.3) is 0 Å². The summed E-state index contributed by atoms with van der Waals surface area (Å²) < 4.78 is 0. The average molecular weight is 309 g/mol. The van der Waals surface area contributed by atoms with Gasteiger partial charge in [-0.15, -0.1) is 0 Å². The predicted molar refractivity (Wildman–Crippen MR) is 92.0 cm³/mol. The lowest BCUT2D eigenvalue weighted by molar-refractivity contribution is -0.119. The number of nitrogens with two attached hydrogens (primary N) is 1. The molecule has 1 fully saturated rings. The molecule has 2 aromatic rings. The second-order valence-corrected chi connectivity index (χ2v) is 6.36. The van der Waals surface area contributed by atoms with Crippen molar-refractivity contribution in [1.82, 2.24) is 9.88 Å². The number of carbonyl (C=O) groups is 1. The van der Waals surface area contributed by atoms with E-state index in [4.69, 9.17) is 10.7 Å². The number of hydrogen-bond donors (Lipinski definition) is 1. The number of amides is 1. The second kappa shape index (κ2) is 6.92. The van der Waals surface area contributed by atoms with Crippen molar-refractivity contribution in [3.8, 4) is 11.3 Å². The fourth-order valence-electron chi connectivity index (χ4n) is 3.30. The van der Waals surface area contributed by atoms with Gasteiger partial charge in [0.05, 0.1) is 12.2 Å². The molecule has 1 unspecified atom stereocenters. The van der Waals surface area contributed by atoms with Crippen molar-refractivity contribution in [3.05, 3.63) is 53.7 Å². The van der Waals surface area contributed by atoms with Gasteiger partial charge in [-0.25, -0.2) is 0 Å². The van der Waals surface area contributed by atoms with E-state index in [1.54, 1.807) is 0 Å². The van der Waals surface area contributed by atoms with Crippen LogP contribution in [0.5, 0.6) is 0 Å². The first kappa shape index (κ1) is 15.7. The summed E-state index contributed by atoms with van der Waals surface area (Å²) in [6.45, 7) is 4.23. The second-order valence-electron chi connectivity index (χ2n) is 6.36. The van der Waals surface area contributed by atoms with Crippen LogP contribution in [0, 0.1) is 6.92 Å². The van der Waals surface area contributed by atoms with Crippen LogP contribution in [0.1, 0.15) is 30.0 Å². The molecule has 3 rings (SSSR count). The minimum atomic E-state index is -0.257. The molecule has 1 aromatic heterocycles. The summed E-state index contributed by atoms with van der Waals surface area (Å²) in [5.41, 5.74) is 9.83. The average Bonchev–Trinajstić information content (AvgIpc) is 2.55. The Balaban J connectivity index is 1.80. The summed E-state index contributed by atoms with van der Waals surface area (Å²) in [7, 11) is 0. The van der Waals surface area contributed by atoms with Crippen LogP contribution in [0.3, 0.4) is 0 Å². The first-order chi connectivity index (χ1) is 11.1. The number of hydrogen-bond acceptors (Lipinski definition) is 3. The number of likely N-dealkylation sites (tertiary alicyclic amines) is 1. The van der Waals surface area contributed by atoms with Gasteiger partial charge in [0.2, 0.25) is 5.91 Å². The van der Waals surface area contributed by atoms with E-state index >= 15 is 0 Å². The highest BCUT2D eigenvalue weighted by molar-refractivity contribution is 5.75. The Morgan fingerprint density at radius 1 is 1.30 bits per heavy atom. The molecule has 2 heterocycles. The fraction of sp³-hybridized carbons (Fsp3) is 0.368. The topological polar surface area (TPSA) is 59.2 Å². The molecule has 0 spiro atoms. The van der Waals surface area contributed by atoms with Crippen molar-refractivity contribution < 1.29 is 4.79 Å². The molecule has 1 saturated heterocycles. The number of nitrogens with zero attached hydrogens (tertiary/aromatic N) is 2. The van der Waals surface area contributed by atoms with Gasteiger partial charge in [-0.3, -0.25) is 14.7 Å². The summed E-state index contributed by atoms with van der Waals surface area (Å²) in [6.07, 6.45) is 2.19. The van der Waals surface area contributed by atoms with Crippen LogP contribution in [0.15, 0.2) is 42.5 Å². The molecule has 1 aliphatic rings. The minimum Gasteiger partial charge on any atom is -0.369 e. The molecule has 4 heteroatoms. The van der Waals surface area contributed by atoms with Crippen LogP contribution in [-0.2, 0) is 4.79 Å². The third-order valence-electron chi connectivity index (χ3n) is 4.39. The lowest BCUT2D eigenvalue weighted by atomic mass is 9.93. The molecule has 1 aromatic carbocycles. The van der Waals surface area contributed by atoms with E-state index in [2.05, 4.69) is 54.3 Å². The largest absolute Gasteiger partial charge is 0.369 e. The van der Waals surface area contributed by atoms with Crippen molar-refractivity contribution in [3.63, 3.8) is 0 Å². The fourth-order valence-corrected chi connectivity index (χ4v) is 3.30. The van der Waals surface area contributed by atoms with Crippen LogP contribution in [0.25, 0.3) is 11.3 Å². The summed E-state index contributed by atoms with van der Waals surface area (Å²) in [4.78, 5) is 18.2. The lowest BCUT2D eigenvalue weighted by Gasteiger charge is -2.31. The van der Waals surface area contributed by atoms with Gasteiger partial charge < -0.3 is 5.73 Å². The van der Waals surface area contributed by atoms with Crippen LogP contribution < -0.4 is 5.73 Å². The molecule has 0 bridgehead atoms. The quantitative estimate of drug-likeness (QED) is 0.944. The van der Waals surface area contributed by atoms with E-state index in [1.165, 1.54) is 5.56 Å². The minimum absolute atomic E-state index is 0.257. The van der Waals surface area contributed by atoms with Crippen molar-refractivity contribution >= 4 is 5.91 Å². The zero-order chi connectivity index (χ0) is 16.2. The van der Waals surface area contributed by atoms with Crippen molar-refractivity contribution in [2.45, 2.75) is 25.7 Å². The monoisotopic (exact) mass is 309 g/mol. The maximum atomic E-state index is 11.1. The maximum absolute atomic E-state index is 11.1.